The largest absolute Gasteiger partial charge is 0.384 e. The van der Waals surface area contributed by atoms with E-state index in [4.69, 9.17) is 4.74 Å². The minimum absolute atomic E-state index is 0.206. The number of halogens is 1. The SMILES string of the molecule is COC[C@]12Cc3cnn(-c4ccc(F)cc4)c3C=C1CCN(S(=O)N(C)C)C2. The number of benzene rings is 1. The Balaban J connectivity index is 1.71. The van der Waals surface area contributed by atoms with Gasteiger partial charge in [0.2, 0.25) is 0 Å². The van der Waals surface area contributed by atoms with Crippen LogP contribution in [-0.2, 0) is 22.3 Å². The van der Waals surface area contributed by atoms with Crippen LogP contribution in [0.4, 0.5) is 4.39 Å². The zero-order valence-electron chi connectivity index (χ0n) is 16.4. The molecule has 1 fully saturated rings. The summed E-state index contributed by atoms with van der Waals surface area (Å²) in [5, 5.41) is 4.56. The van der Waals surface area contributed by atoms with Crippen molar-refractivity contribution in [2.75, 3.05) is 40.9 Å². The standard InChI is InChI=1S/C20H25FN4O2S/c1-23(2)28(26)24-9-8-16-10-19-15(11-20(16,13-24)14-27-3)12-22-25(19)18-6-4-17(21)5-7-18/h4-7,10,12H,8-9,11,13-14H2,1-3H3/t20-,28?/m1/s1. The fourth-order valence-corrected chi connectivity index (χ4v) is 5.32. The monoisotopic (exact) mass is 404 g/mol. The van der Waals surface area contributed by atoms with Gasteiger partial charge in [-0.05, 0) is 48.7 Å². The molecule has 150 valence electrons. The van der Waals surface area contributed by atoms with Gasteiger partial charge >= 0.3 is 0 Å². The van der Waals surface area contributed by atoms with Gasteiger partial charge in [0.25, 0.3) is 0 Å². The molecule has 2 aromatic rings. The van der Waals surface area contributed by atoms with Gasteiger partial charge in [-0.2, -0.15) is 5.10 Å². The Kier molecular flexibility index (Phi) is 5.22. The lowest BCUT2D eigenvalue weighted by Crippen LogP contribution is -2.51. The van der Waals surface area contributed by atoms with Crippen LogP contribution in [0.1, 0.15) is 17.7 Å². The molecule has 2 heterocycles. The lowest BCUT2D eigenvalue weighted by atomic mass is 9.69. The third kappa shape index (κ3) is 3.34. The number of hydrogen-bond donors (Lipinski definition) is 0. The smallest absolute Gasteiger partial charge is 0.172 e. The molecule has 6 nitrogen and oxygen atoms in total. The second-order valence-corrected chi connectivity index (χ2v) is 9.37. The summed E-state index contributed by atoms with van der Waals surface area (Å²) in [6, 6.07) is 6.37. The molecular formula is C20H25FN4O2S. The van der Waals surface area contributed by atoms with Gasteiger partial charge in [-0.3, -0.25) is 0 Å². The van der Waals surface area contributed by atoms with Gasteiger partial charge in [0.1, 0.15) is 5.82 Å². The summed E-state index contributed by atoms with van der Waals surface area (Å²) in [6.07, 6.45) is 5.69. The van der Waals surface area contributed by atoms with Crippen LogP contribution in [0.5, 0.6) is 0 Å². The number of nitrogens with zero attached hydrogens (tertiary/aromatic N) is 4. The van der Waals surface area contributed by atoms with Gasteiger partial charge in [-0.15, -0.1) is 0 Å². The molecule has 8 heteroatoms. The van der Waals surface area contributed by atoms with Crippen LogP contribution >= 0.6 is 0 Å². The Morgan fingerprint density at radius 2 is 2.07 bits per heavy atom. The van der Waals surface area contributed by atoms with Gasteiger partial charge in [0, 0.05) is 39.7 Å². The van der Waals surface area contributed by atoms with Crippen molar-refractivity contribution in [1.29, 1.82) is 0 Å². The van der Waals surface area contributed by atoms with Crippen LogP contribution in [0.15, 0.2) is 36.0 Å². The molecule has 1 saturated heterocycles. The molecule has 1 aromatic carbocycles. The van der Waals surface area contributed by atoms with E-state index in [0.29, 0.717) is 13.2 Å². The fourth-order valence-electron chi connectivity index (χ4n) is 4.25. The van der Waals surface area contributed by atoms with Gasteiger partial charge in [0.05, 0.1) is 24.2 Å². The Morgan fingerprint density at radius 3 is 2.75 bits per heavy atom. The van der Waals surface area contributed by atoms with E-state index in [1.807, 2.05) is 29.3 Å². The zero-order chi connectivity index (χ0) is 19.9. The number of piperidine rings is 1. The lowest BCUT2D eigenvalue weighted by molar-refractivity contribution is 0.0737. The number of hydrogen-bond acceptors (Lipinski definition) is 3. The number of rotatable bonds is 5. The molecule has 1 aliphatic heterocycles. The van der Waals surface area contributed by atoms with Gasteiger partial charge in [0.15, 0.2) is 11.2 Å². The maximum atomic E-state index is 13.3. The quantitative estimate of drug-likeness (QED) is 0.769. The molecular weight excluding hydrogens is 379 g/mol. The zero-order valence-corrected chi connectivity index (χ0v) is 17.2. The molecule has 0 spiro atoms. The first-order valence-corrected chi connectivity index (χ1v) is 10.4. The van der Waals surface area contributed by atoms with E-state index in [9.17, 15) is 8.60 Å². The first kappa shape index (κ1) is 19.4. The molecule has 0 N–H and O–H groups in total. The van der Waals surface area contributed by atoms with E-state index in [-0.39, 0.29) is 11.2 Å². The van der Waals surface area contributed by atoms with Crippen LogP contribution in [0.2, 0.25) is 0 Å². The molecule has 0 bridgehead atoms. The molecule has 0 saturated carbocycles. The summed E-state index contributed by atoms with van der Waals surface area (Å²) < 4.78 is 37.1. The average molecular weight is 405 g/mol. The Morgan fingerprint density at radius 1 is 1.32 bits per heavy atom. The first-order chi connectivity index (χ1) is 13.4. The Labute approximate surface area is 167 Å². The van der Waals surface area contributed by atoms with Crippen molar-refractivity contribution in [2.24, 2.45) is 5.41 Å². The molecule has 1 unspecified atom stereocenters. The highest BCUT2D eigenvalue weighted by atomic mass is 32.2. The minimum atomic E-state index is -1.16. The molecule has 2 atom stereocenters. The summed E-state index contributed by atoms with van der Waals surface area (Å²) in [5.74, 6) is -0.261. The lowest BCUT2D eigenvalue weighted by Gasteiger charge is -2.46. The summed E-state index contributed by atoms with van der Waals surface area (Å²) >= 11 is -1.16. The molecule has 0 amide bonds. The molecule has 0 radical (unpaired) electrons. The van der Waals surface area contributed by atoms with Crippen molar-refractivity contribution in [2.45, 2.75) is 12.8 Å². The van der Waals surface area contributed by atoms with Crippen molar-refractivity contribution in [3.63, 3.8) is 0 Å². The minimum Gasteiger partial charge on any atom is -0.384 e. The van der Waals surface area contributed by atoms with Gasteiger partial charge < -0.3 is 4.74 Å². The van der Waals surface area contributed by atoms with E-state index in [0.717, 1.165) is 36.3 Å². The maximum absolute atomic E-state index is 13.3. The van der Waals surface area contributed by atoms with E-state index >= 15 is 0 Å². The first-order valence-electron chi connectivity index (χ1n) is 9.31. The van der Waals surface area contributed by atoms with Crippen molar-refractivity contribution in [3.8, 4) is 5.69 Å². The van der Waals surface area contributed by atoms with Crippen molar-refractivity contribution >= 4 is 17.2 Å². The van der Waals surface area contributed by atoms with Crippen molar-refractivity contribution in [1.82, 2.24) is 18.4 Å². The summed E-state index contributed by atoms with van der Waals surface area (Å²) in [6.45, 7) is 1.99. The van der Waals surface area contributed by atoms with Crippen LogP contribution in [-0.4, -0.2) is 63.5 Å². The second-order valence-electron chi connectivity index (χ2n) is 7.66. The van der Waals surface area contributed by atoms with E-state index in [1.54, 1.807) is 23.5 Å². The number of aromatic nitrogens is 2. The highest BCUT2D eigenvalue weighted by Crippen LogP contribution is 2.44. The summed E-state index contributed by atoms with van der Waals surface area (Å²) in [7, 11) is 5.37. The maximum Gasteiger partial charge on any atom is 0.172 e. The second kappa shape index (κ2) is 7.51. The van der Waals surface area contributed by atoms with Crippen LogP contribution < -0.4 is 0 Å². The number of ether oxygens (including phenoxy) is 1. The highest BCUT2D eigenvalue weighted by molar-refractivity contribution is 7.80. The summed E-state index contributed by atoms with van der Waals surface area (Å²) in [5.41, 5.74) is 4.10. The average Bonchev–Trinajstić information content (AvgIpc) is 3.08. The predicted molar refractivity (Wildman–Crippen MR) is 108 cm³/mol. The van der Waals surface area contributed by atoms with E-state index in [2.05, 4.69) is 11.2 Å². The predicted octanol–water partition coefficient (Wildman–Crippen LogP) is 2.43. The fraction of sp³-hybridized carbons (Fsp3) is 0.450. The molecule has 28 heavy (non-hydrogen) atoms. The van der Waals surface area contributed by atoms with Crippen LogP contribution in [0, 0.1) is 11.2 Å². The molecule has 4 rings (SSSR count). The third-order valence-corrected chi connectivity index (χ3v) is 6.92. The Hall–Kier alpha value is -1.87. The van der Waals surface area contributed by atoms with E-state index in [1.165, 1.54) is 17.7 Å². The van der Waals surface area contributed by atoms with Crippen molar-refractivity contribution in [3.05, 3.63) is 53.1 Å². The topological polar surface area (TPSA) is 50.6 Å². The van der Waals surface area contributed by atoms with Gasteiger partial charge in [-0.1, -0.05) is 5.57 Å². The number of methoxy groups -OCH3 is 1. The normalized spacial score (nSPS) is 23.2. The molecule has 1 aliphatic carbocycles. The van der Waals surface area contributed by atoms with E-state index < -0.39 is 11.2 Å². The van der Waals surface area contributed by atoms with Gasteiger partial charge in [-0.25, -0.2) is 21.9 Å². The molecule has 1 aromatic heterocycles. The third-order valence-electron chi connectivity index (χ3n) is 5.54. The van der Waals surface area contributed by atoms with Crippen molar-refractivity contribution < 1.29 is 13.3 Å². The Bertz CT molecular complexity index is 925. The highest BCUT2D eigenvalue weighted by Gasteiger charge is 2.44. The van der Waals surface area contributed by atoms with Crippen LogP contribution in [0.3, 0.4) is 0 Å². The van der Waals surface area contributed by atoms with Crippen LogP contribution in [0.25, 0.3) is 11.8 Å². The summed E-state index contributed by atoms with van der Waals surface area (Å²) in [4.78, 5) is 0. The molecule has 2 aliphatic rings. The number of fused-ring (bicyclic) bond motifs is 2.